The summed E-state index contributed by atoms with van der Waals surface area (Å²) in [5, 5.41) is 3.54. The maximum atomic E-state index is 5.49. The van der Waals surface area contributed by atoms with E-state index in [0.717, 1.165) is 25.1 Å². The van der Waals surface area contributed by atoms with Gasteiger partial charge in [0, 0.05) is 18.7 Å². The van der Waals surface area contributed by atoms with Crippen molar-refractivity contribution in [1.29, 1.82) is 0 Å². The lowest BCUT2D eigenvalue weighted by Gasteiger charge is -2.22. The van der Waals surface area contributed by atoms with E-state index in [1.807, 2.05) is 0 Å². The van der Waals surface area contributed by atoms with Gasteiger partial charge in [0.1, 0.15) is 5.75 Å². The Kier molecular flexibility index (Phi) is 6.89. The zero-order valence-electron chi connectivity index (χ0n) is 12.8. The van der Waals surface area contributed by atoms with Gasteiger partial charge >= 0.3 is 0 Å². The summed E-state index contributed by atoms with van der Waals surface area (Å²) in [5.74, 6) is 0.960. The van der Waals surface area contributed by atoms with Gasteiger partial charge in [-0.25, -0.2) is 0 Å². The van der Waals surface area contributed by atoms with Crippen LogP contribution in [0.5, 0.6) is 5.75 Å². The van der Waals surface area contributed by atoms with Crippen LogP contribution in [-0.4, -0.2) is 26.9 Å². The standard InChI is InChI=1S/C16H27NO2/c1-6-17-15(9-8-13(3)18-4)14-11-12(2)7-10-16(14)19-5/h7,10-11,13,15,17H,6,8-9H2,1-5H3. The average Bonchev–Trinajstić information content (AvgIpc) is 2.43. The molecule has 0 aliphatic rings. The number of ether oxygens (including phenoxy) is 2. The number of nitrogens with one attached hydrogen (secondary N) is 1. The minimum absolute atomic E-state index is 0.289. The highest BCUT2D eigenvalue weighted by Crippen LogP contribution is 2.29. The van der Waals surface area contributed by atoms with Crippen molar-refractivity contribution >= 4 is 0 Å². The Morgan fingerprint density at radius 3 is 2.53 bits per heavy atom. The zero-order chi connectivity index (χ0) is 14.3. The molecule has 1 rings (SSSR count). The molecule has 19 heavy (non-hydrogen) atoms. The second kappa shape index (κ2) is 8.18. The first-order valence-electron chi connectivity index (χ1n) is 7.03. The molecule has 0 heterocycles. The zero-order valence-corrected chi connectivity index (χ0v) is 12.8. The van der Waals surface area contributed by atoms with Gasteiger partial charge < -0.3 is 14.8 Å². The fourth-order valence-electron chi connectivity index (χ4n) is 2.26. The molecule has 2 atom stereocenters. The summed E-state index contributed by atoms with van der Waals surface area (Å²) in [5.41, 5.74) is 2.51. The van der Waals surface area contributed by atoms with E-state index in [0.29, 0.717) is 6.04 Å². The van der Waals surface area contributed by atoms with Gasteiger partial charge in [0.05, 0.1) is 13.2 Å². The molecule has 1 aromatic rings. The van der Waals surface area contributed by atoms with E-state index in [1.54, 1.807) is 14.2 Å². The summed E-state index contributed by atoms with van der Waals surface area (Å²) < 4.78 is 10.8. The van der Waals surface area contributed by atoms with Crippen LogP contribution in [0.2, 0.25) is 0 Å². The van der Waals surface area contributed by atoms with Crippen LogP contribution in [0, 0.1) is 6.92 Å². The molecule has 3 heteroatoms. The van der Waals surface area contributed by atoms with E-state index in [-0.39, 0.29) is 6.10 Å². The number of benzene rings is 1. The van der Waals surface area contributed by atoms with Crippen LogP contribution in [-0.2, 0) is 4.74 Å². The third kappa shape index (κ3) is 4.84. The smallest absolute Gasteiger partial charge is 0.123 e. The number of methoxy groups -OCH3 is 2. The summed E-state index contributed by atoms with van der Waals surface area (Å²) in [4.78, 5) is 0. The van der Waals surface area contributed by atoms with E-state index in [2.05, 4.69) is 44.3 Å². The molecule has 0 amide bonds. The van der Waals surface area contributed by atoms with Gasteiger partial charge in [0.2, 0.25) is 0 Å². The first-order valence-corrected chi connectivity index (χ1v) is 7.03. The van der Waals surface area contributed by atoms with Crippen molar-refractivity contribution in [3.8, 4) is 5.75 Å². The lowest BCUT2D eigenvalue weighted by molar-refractivity contribution is 0.106. The summed E-state index contributed by atoms with van der Waals surface area (Å²) in [6.45, 7) is 7.30. The van der Waals surface area contributed by atoms with Crippen molar-refractivity contribution in [3.05, 3.63) is 29.3 Å². The molecule has 2 unspecified atom stereocenters. The summed E-state index contributed by atoms with van der Waals surface area (Å²) in [7, 11) is 3.50. The minimum atomic E-state index is 0.289. The number of hydrogen-bond acceptors (Lipinski definition) is 3. The quantitative estimate of drug-likeness (QED) is 0.780. The van der Waals surface area contributed by atoms with Crippen LogP contribution in [0.4, 0.5) is 0 Å². The van der Waals surface area contributed by atoms with Gasteiger partial charge in [0.15, 0.2) is 0 Å². The normalized spacial score (nSPS) is 14.2. The Labute approximate surface area is 117 Å². The SMILES string of the molecule is CCNC(CCC(C)OC)c1cc(C)ccc1OC. The Morgan fingerprint density at radius 2 is 1.95 bits per heavy atom. The largest absolute Gasteiger partial charge is 0.496 e. The van der Waals surface area contributed by atoms with Crippen molar-refractivity contribution in [2.75, 3.05) is 20.8 Å². The van der Waals surface area contributed by atoms with Crippen LogP contribution < -0.4 is 10.1 Å². The molecule has 3 nitrogen and oxygen atoms in total. The fourth-order valence-corrected chi connectivity index (χ4v) is 2.26. The topological polar surface area (TPSA) is 30.5 Å². The molecule has 0 aromatic heterocycles. The second-order valence-electron chi connectivity index (χ2n) is 4.98. The Hall–Kier alpha value is -1.06. The molecule has 0 aliphatic carbocycles. The molecule has 0 saturated heterocycles. The molecule has 0 fully saturated rings. The fraction of sp³-hybridized carbons (Fsp3) is 0.625. The van der Waals surface area contributed by atoms with E-state index >= 15 is 0 Å². The third-order valence-electron chi connectivity index (χ3n) is 3.48. The van der Waals surface area contributed by atoms with Crippen LogP contribution in [0.15, 0.2) is 18.2 Å². The van der Waals surface area contributed by atoms with Crippen molar-refractivity contribution in [2.24, 2.45) is 0 Å². The molecule has 108 valence electrons. The molecular formula is C16H27NO2. The summed E-state index contributed by atoms with van der Waals surface area (Å²) >= 11 is 0. The van der Waals surface area contributed by atoms with Crippen molar-refractivity contribution in [1.82, 2.24) is 5.32 Å². The van der Waals surface area contributed by atoms with Gasteiger partial charge in [-0.3, -0.25) is 0 Å². The Balaban J connectivity index is 2.87. The Morgan fingerprint density at radius 1 is 1.21 bits per heavy atom. The molecule has 0 bridgehead atoms. The van der Waals surface area contributed by atoms with Gasteiger partial charge in [-0.2, -0.15) is 0 Å². The predicted octanol–water partition coefficient (Wildman–Crippen LogP) is 3.47. The highest BCUT2D eigenvalue weighted by Gasteiger charge is 2.16. The first kappa shape index (κ1) is 16.0. The van der Waals surface area contributed by atoms with E-state index in [4.69, 9.17) is 9.47 Å². The molecule has 0 aliphatic heterocycles. The maximum absolute atomic E-state index is 5.49. The van der Waals surface area contributed by atoms with Gasteiger partial charge in [0.25, 0.3) is 0 Å². The third-order valence-corrected chi connectivity index (χ3v) is 3.48. The summed E-state index contributed by atoms with van der Waals surface area (Å²) in [6.07, 6.45) is 2.37. The van der Waals surface area contributed by atoms with Crippen LogP contribution in [0.1, 0.15) is 43.9 Å². The average molecular weight is 265 g/mol. The van der Waals surface area contributed by atoms with E-state index in [1.165, 1.54) is 11.1 Å². The lowest BCUT2D eigenvalue weighted by Crippen LogP contribution is -2.23. The molecule has 0 spiro atoms. The predicted molar refractivity (Wildman–Crippen MR) is 79.9 cm³/mol. The highest BCUT2D eigenvalue weighted by atomic mass is 16.5. The molecular weight excluding hydrogens is 238 g/mol. The highest BCUT2D eigenvalue weighted by molar-refractivity contribution is 5.39. The minimum Gasteiger partial charge on any atom is -0.496 e. The van der Waals surface area contributed by atoms with E-state index < -0.39 is 0 Å². The first-order chi connectivity index (χ1) is 9.12. The van der Waals surface area contributed by atoms with Crippen molar-refractivity contribution in [3.63, 3.8) is 0 Å². The Bertz CT molecular complexity index is 379. The molecule has 1 N–H and O–H groups in total. The van der Waals surface area contributed by atoms with E-state index in [9.17, 15) is 0 Å². The van der Waals surface area contributed by atoms with Gasteiger partial charge in [-0.05, 0) is 39.3 Å². The second-order valence-corrected chi connectivity index (χ2v) is 4.98. The monoisotopic (exact) mass is 265 g/mol. The molecule has 0 saturated carbocycles. The van der Waals surface area contributed by atoms with Crippen LogP contribution in [0.3, 0.4) is 0 Å². The summed E-state index contributed by atoms with van der Waals surface area (Å²) in [6, 6.07) is 6.67. The number of aryl methyl sites for hydroxylation is 1. The van der Waals surface area contributed by atoms with Crippen LogP contribution in [0.25, 0.3) is 0 Å². The van der Waals surface area contributed by atoms with Gasteiger partial charge in [-0.15, -0.1) is 0 Å². The lowest BCUT2D eigenvalue weighted by atomic mass is 9.97. The maximum Gasteiger partial charge on any atom is 0.123 e. The van der Waals surface area contributed by atoms with Crippen molar-refractivity contribution < 1.29 is 9.47 Å². The van der Waals surface area contributed by atoms with Crippen LogP contribution >= 0.6 is 0 Å². The molecule has 0 radical (unpaired) electrons. The molecule has 1 aromatic carbocycles. The number of rotatable bonds is 8. The van der Waals surface area contributed by atoms with Gasteiger partial charge in [-0.1, -0.05) is 24.6 Å². The van der Waals surface area contributed by atoms with Crippen molar-refractivity contribution in [2.45, 2.75) is 45.8 Å². The number of hydrogen-bond donors (Lipinski definition) is 1.